The Labute approximate surface area is 150 Å². The van der Waals surface area contributed by atoms with Gasteiger partial charge in [0.15, 0.2) is 5.69 Å². The van der Waals surface area contributed by atoms with Gasteiger partial charge in [0, 0.05) is 19.1 Å². The van der Waals surface area contributed by atoms with Gasteiger partial charge in [0.25, 0.3) is 5.91 Å². The van der Waals surface area contributed by atoms with Crippen molar-refractivity contribution in [3.63, 3.8) is 0 Å². The van der Waals surface area contributed by atoms with Gasteiger partial charge in [0.1, 0.15) is 6.61 Å². The molecular formula is C16H23N5O5. The van der Waals surface area contributed by atoms with Gasteiger partial charge in [0.05, 0.1) is 12.1 Å². The monoisotopic (exact) mass is 365 g/mol. The molecule has 3 heterocycles. The van der Waals surface area contributed by atoms with Crippen molar-refractivity contribution in [1.82, 2.24) is 20.0 Å². The summed E-state index contributed by atoms with van der Waals surface area (Å²) in [6.45, 7) is 5.57. The zero-order chi connectivity index (χ0) is 18.8. The first-order chi connectivity index (χ1) is 12.4. The Bertz CT molecular complexity index is 697. The smallest absolute Gasteiger partial charge is 0.410 e. The molecule has 0 aliphatic carbocycles. The number of nitrogens with one attached hydrogen (secondary N) is 1. The fourth-order valence-electron chi connectivity index (χ4n) is 3.60. The lowest BCUT2D eigenvalue weighted by atomic mass is 9.95. The Morgan fingerprint density at radius 2 is 2.19 bits per heavy atom. The molecule has 2 atom stereocenters. The number of piperidine rings is 1. The molecule has 2 amide bonds. The van der Waals surface area contributed by atoms with Crippen LogP contribution >= 0.6 is 0 Å². The maximum absolute atomic E-state index is 12.5. The minimum atomic E-state index is -0.621. The standard InChI is InChI=1S/C16H23N5O5/c1-3-10(2)13-9-26-16(23)20(13)11-4-6-19(7-5-11)15(22)12-8-14(18-17-12)21(24)25/h8,10-11,13H,3-7,9H2,1-2H3,(H,17,18)/t10-,13-/m0/s1. The molecule has 2 saturated heterocycles. The molecule has 1 aromatic heterocycles. The van der Waals surface area contributed by atoms with Crippen LogP contribution in [0.3, 0.4) is 0 Å². The molecule has 2 aliphatic heterocycles. The maximum atomic E-state index is 12.5. The predicted octanol–water partition coefficient (Wildman–Crippen LogP) is 1.79. The summed E-state index contributed by atoms with van der Waals surface area (Å²) >= 11 is 0. The lowest BCUT2D eigenvalue weighted by Gasteiger charge is -2.38. The van der Waals surface area contributed by atoms with Gasteiger partial charge >= 0.3 is 11.9 Å². The zero-order valence-corrected chi connectivity index (χ0v) is 14.9. The van der Waals surface area contributed by atoms with Gasteiger partial charge in [-0.25, -0.2) is 4.79 Å². The quantitative estimate of drug-likeness (QED) is 0.627. The van der Waals surface area contributed by atoms with Gasteiger partial charge in [-0.1, -0.05) is 25.4 Å². The summed E-state index contributed by atoms with van der Waals surface area (Å²) in [6.07, 6.45) is 2.00. The van der Waals surface area contributed by atoms with Crippen molar-refractivity contribution in [1.29, 1.82) is 0 Å². The van der Waals surface area contributed by atoms with E-state index in [1.807, 2.05) is 4.90 Å². The summed E-state index contributed by atoms with van der Waals surface area (Å²) < 4.78 is 5.25. The predicted molar refractivity (Wildman–Crippen MR) is 90.6 cm³/mol. The van der Waals surface area contributed by atoms with Gasteiger partial charge in [-0.15, -0.1) is 5.10 Å². The zero-order valence-electron chi connectivity index (χ0n) is 14.9. The number of carbonyl (C=O) groups is 2. The van der Waals surface area contributed by atoms with E-state index in [-0.39, 0.29) is 35.6 Å². The Balaban J connectivity index is 1.62. The molecule has 0 radical (unpaired) electrons. The average Bonchev–Trinajstić information content (AvgIpc) is 3.28. The number of rotatable bonds is 5. The molecule has 10 heteroatoms. The van der Waals surface area contributed by atoms with Crippen LogP contribution in [0.2, 0.25) is 0 Å². The molecule has 26 heavy (non-hydrogen) atoms. The number of ether oxygens (including phenoxy) is 1. The number of likely N-dealkylation sites (tertiary alicyclic amines) is 1. The lowest BCUT2D eigenvalue weighted by molar-refractivity contribution is -0.389. The highest BCUT2D eigenvalue weighted by molar-refractivity contribution is 5.92. The van der Waals surface area contributed by atoms with Crippen LogP contribution in [0.15, 0.2) is 6.07 Å². The van der Waals surface area contributed by atoms with Crippen LogP contribution in [0.25, 0.3) is 0 Å². The van der Waals surface area contributed by atoms with Crippen molar-refractivity contribution in [2.75, 3.05) is 19.7 Å². The SMILES string of the molecule is CC[C@H](C)[C@@H]1COC(=O)N1C1CCN(C(=O)c2cc([N+](=O)[O-])[nH]n2)CC1. The largest absolute Gasteiger partial charge is 0.447 e. The minimum absolute atomic E-state index is 0.0354. The van der Waals surface area contributed by atoms with E-state index < -0.39 is 4.92 Å². The van der Waals surface area contributed by atoms with Crippen molar-refractivity contribution in [3.05, 3.63) is 21.9 Å². The molecule has 0 spiro atoms. The first-order valence-electron chi connectivity index (χ1n) is 8.86. The average molecular weight is 365 g/mol. The number of H-pyrrole nitrogens is 1. The van der Waals surface area contributed by atoms with E-state index in [1.165, 1.54) is 0 Å². The normalized spacial score (nSPS) is 22.4. The maximum Gasteiger partial charge on any atom is 0.410 e. The minimum Gasteiger partial charge on any atom is -0.447 e. The highest BCUT2D eigenvalue weighted by Gasteiger charge is 2.41. The number of carbonyl (C=O) groups excluding carboxylic acids is 2. The van der Waals surface area contributed by atoms with Crippen molar-refractivity contribution >= 4 is 17.8 Å². The van der Waals surface area contributed by atoms with Crippen LogP contribution in [0, 0.1) is 16.0 Å². The van der Waals surface area contributed by atoms with Crippen molar-refractivity contribution < 1.29 is 19.2 Å². The van der Waals surface area contributed by atoms with Crippen molar-refractivity contribution in [3.8, 4) is 0 Å². The van der Waals surface area contributed by atoms with E-state index in [4.69, 9.17) is 4.74 Å². The summed E-state index contributed by atoms with van der Waals surface area (Å²) in [4.78, 5) is 38.2. The first kappa shape index (κ1) is 18.2. The van der Waals surface area contributed by atoms with E-state index in [9.17, 15) is 19.7 Å². The molecule has 3 rings (SSSR count). The van der Waals surface area contributed by atoms with Crippen LogP contribution in [-0.2, 0) is 4.74 Å². The lowest BCUT2D eigenvalue weighted by Crippen LogP contribution is -2.51. The van der Waals surface area contributed by atoms with Gasteiger partial charge < -0.3 is 19.8 Å². The van der Waals surface area contributed by atoms with Crippen LogP contribution < -0.4 is 0 Å². The third kappa shape index (κ3) is 3.35. The van der Waals surface area contributed by atoms with Gasteiger partial charge in [0.2, 0.25) is 0 Å². The summed E-state index contributed by atoms with van der Waals surface area (Å²) in [7, 11) is 0. The Morgan fingerprint density at radius 1 is 1.50 bits per heavy atom. The molecule has 1 N–H and O–H groups in total. The molecule has 1 aromatic rings. The van der Waals surface area contributed by atoms with E-state index in [1.54, 1.807) is 4.90 Å². The highest BCUT2D eigenvalue weighted by Crippen LogP contribution is 2.29. The number of cyclic esters (lactones) is 1. The summed E-state index contributed by atoms with van der Waals surface area (Å²) in [5, 5.41) is 16.7. The van der Waals surface area contributed by atoms with E-state index in [0.29, 0.717) is 38.5 Å². The number of hydrogen-bond acceptors (Lipinski definition) is 6. The molecule has 10 nitrogen and oxygen atoms in total. The molecule has 0 bridgehead atoms. The second-order valence-corrected chi connectivity index (χ2v) is 6.86. The van der Waals surface area contributed by atoms with Gasteiger partial charge in [-0.2, -0.15) is 0 Å². The van der Waals surface area contributed by atoms with E-state index >= 15 is 0 Å². The molecule has 0 saturated carbocycles. The number of aromatic amines is 1. The summed E-state index contributed by atoms with van der Waals surface area (Å²) in [6, 6.07) is 1.26. The van der Waals surface area contributed by atoms with Crippen LogP contribution in [0.1, 0.15) is 43.6 Å². The fraction of sp³-hybridized carbons (Fsp3) is 0.688. The molecule has 0 unspecified atom stereocenters. The van der Waals surface area contributed by atoms with Gasteiger partial charge in [-0.05, 0) is 23.7 Å². The summed E-state index contributed by atoms with van der Waals surface area (Å²) in [5.74, 6) is -0.291. The Hall–Kier alpha value is -2.65. The number of nitrogens with zero attached hydrogens (tertiary/aromatic N) is 4. The van der Waals surface area contributed by atoms with Crippen molar-refractivity contribution in [2.45, 2.75) is 45.2 Å². The Morgan fingerprint density at radius 3 is 2.77 bits per heavy atom. The number of aromatic nitrogens is 2. The first-order valence-corrected chi connectivity index (χ1v) is 8.86. The number of nitro groups is 1. The van der Waals surface area contributed by atoms with E-state index in [0.717, 1.165) is 12.5 Å². The number of hydrogen-bond donors (Lipinski definition) is 1. The third-order valence-corrected chi connectivity index (χ3v) is 5.37. The van der Waals surface area contributed by atoms with Crippen LogP contribution in [0.4, 0.5) is 10.6 Å². The molecular weight excluding hydrogens is 342 g/mol. The number of amides is 2. The summed E-state index contributed by atoms with van der Waals surface area (Å²) in [5.41, 5.74) is 0.0354. The third-order valence-electron chi connectivity index (χ3n) is 5.37. The molecule has 2 aliphatic rings. The molecule has 142 valence electrons. The second-order valence-electron chi connectivity index (χ2n) is 6.86. The molecule has 0 aromatic carbocycles. The van der Waals surface area contributed by atoms with Crippen LogP contribution in [0.5, 0.6) is 0 Å². The van der Waals surface area contributed by atoms with E-state index in [2.05, 4.69) is 24.0 Å². The topological polar surface area (TPSA) is 122 Å². The Kier molecular flexibility index (Phi) is 5.10. The fourth-order valence-corrected chi connectivity index (χ4v) is 3.60. The van der Waals surface area contributed by atoms with Crippen molar-refractivity contribution in [2.24, 2.45) is 5.92 Å². The van der Waals surface area contributed by atoms with Crippen LogP contribution in [-0.4, -0.2) is 68.7 Å². The molecule has 2 fully saturated rings. The van der Waals surface area contributed by atoms with Gasteiger partial charge in [-0.3, -0.25) is 9.69 Å². The second kappa shape index (κ2) is 7.30. The highest BCUT2D eigenvalue weighted by atomic mass is 16.6.